The van der Waals surface area contributed by atoms with E-state index in [4.69, 9.17) is 0 Å². The van der Waals surface area contributed by atoms with Crippen LogP contribution in [0.5, 0.6) is 0 Å². The van der Waals surface area contributed by atoms with E-state index in [1.165, 1.54) is 4.31 Å². The summed E-state index contributed by atoms with van der Waals surface area (Å²) in [5.41, 5.74) is 2.58. The maximum absolute atomic E-state index is 13.3. The Kier molecular flexibility index (Phi) is 7.78. The monoisotopic (exact) mass is 402 g/mol. The smallest absolute Gasteiger partial charge is 0.243 e. The maximum atomic E-state index is 13.3. The van der Waals surface area contributed by atoms with Gasteiger partial charge in [-0.25, -0.2) is 8.42 Å². The van der Waals surface area contributed by atoms with E-state index in [1.54, 1.807) is 19.1 Å². The first-order chi connectivity index (χ1) is 13.2. The maximum Gasteiger partial charge on any atom is 0.243 e. The molecule has 0 heterocycles. The number of rotatable bonds is 9. The van der Waals surface area contributed by atoms with Gasteiger partial charge in [-0.1, -0.05) is 56.3 Å². The van der Waals surface area contributed by atoms with Gasteiger partial charge in [-0.15, -0.1) is 0 Å². The average Bonchev–Trinajstić information content (AvgIpc) is 2.66. The second-order valence-electron chi connectivity index (χ2n) is 7.54. The Hall–Kier alpha value is -2.18. The Morgan fingerprint density at radius 1 is 1.07 bits per heavy atom. The molecule has 152 valence electrons. The topological polar surface area (TPSA) is 66.5 Å². The SMILES string of the molecule is Cc1ccc(C)c(S(=O)(=O)N(CCc2ccccc2)CC(=O)NCC(C)C)c1. The van der Waals surface area contributed by atoms with E-state index in [0.29, 0.717) is 24.4 Å². The predicted octanol–water partition coefficient (Wildman–Crippen LogP) is 3.31. The molecule has 0 fully saturated rings. The molecule has 0 aliphatic rings. The summed E-state index contributed by atoms with van der Waals surface area (Å²) >= 11 is 0. The summed E-state index contributed by atoms with van der Waals surface area (Å²) in [6.45, 7) is 8.22. The van der Waals surface area contributed by atoms with Crippen molar-refractivity contribution in [1.29, 1.82) is 0 Å². The van der Waals surface area contributed by atoms with Crippen LogP contribution in [-0.4, -0.2) is 38.3 Å². The standard InChI is InChI=1S/C22H30N2O3S/c1-17(2)15-23-22(25)16-24(13-12-20-8-6-5-7-9-20)28(26,27)21-14-18(3)10-11-19(21)4/h5-11,14,17H,12-13,15-16H2,1-4H3,(H,23,25). The van der Waals surface area contributed by atoms with Crippen molar-refractivity contribution in [3.05, 3.63) is 65.2 Å². The van der Waals surface area contributed by atoms with Crippen molar-refractivity contribution in [2.75, 3.05) is 19.6 Å². The lowest BCUT2D eigenvalue weighted by molar-refractivity contribution is -0.121. The van der Waals surface area contributed by atoms with Gasteiger partial charge in [0.1, 0.15) is 0 Å². The van der Waals surface area contributed by atoms with Gasteiger partial charge in [-0.3, -0.25) is 4.79 Å². The van der Waals surface area contributed by atoms with Crippen LogP contribution in [0.15, 0.2) is 53.4 Å². The van der Waals surface area contributed by atoms with Crippen LogP contribution in [0.4, 0.5) is 0 Å². The third-order valence-electron chi connectivity index (χ3n) is 4.48. The van der Waals surface area contributed by atoms with Gasteiger partial charge in [0.2, 0.25) is 15.9 Å². The van der Waals surface area contributed by atoms with Crippen LogP contribution in [-0.2, 0) is 21.2 Å². The van der Waals surface area contributed by atoms with Gasteiger partial charge in [-0.2, -0.15) is 4.31 Å². The van der Waals surface area contributed by atoms with Gasteiger partial charge in [0.15, 0.2) is 0 Å². The number of benzene rings is 2. The molecular formula is C22H30N2O3S. The summed E-state index contributed by atoms with van der Waals surface area (Å²) in [6, 6.07) is 15.1. The Morgan fingerprint density at radius 3 is 2.39 bits per heavy atom. The fourth-order valence-electron chi connectivity index (χ4n) is 2.84. The number of carbonyl (C=O) groups is 1. The number of amides is 1. The molecule has 0 unspecified atom stereocenters. The highest BCUT2D eigenvalue weighted by Gasteiger charge is 2.28. The molecule has 1 amide bonds. The quantitative estimate of drug-likeness (QED) is 0.700. The van der Waals surface area contributed by atoms with E-state index in [9.17, 15) is 13.2 Å². The zero-order valence-electron chi connectivity index (χ0n) is 17.1. The predicted molar refractivity (Wildman–Crippen MR) is 113 cm³/mol. The molecular weight excluding hydrogens is 372 g/mol. The first-order valence-corrected chi connectivity index (χ1v) is 11.0. The molecule has 0 radical (unpaired) electrons. The molecule has 0 bridgehead atoms. The normalized spacial score (nSPS) is 11.8. The van der Waals surface area contributed by atoms with E-state index >= 15 is 0 Å². The minimum Gasteiger partial charge on any atom is -0.355 e. The van der Waals surface area contributed by atoms with E-state index in [-0.39, 0.29) is 23.9 Å². The zero-order valence-corrected chi connectivity index (χ0v) is 17.9. The number of carbonyl (C=O) groups excluding carboxylic acids is 1. The highest BCUT2D eigenvalue weighted by atomic mass is 32.2. The van der Waals surface area contributed by atoms with Crippen LogP contribution in [0.3, 0.4) is 0 Å². The van der Waals surface area contributed by atoms with E-state index in [0.717, 1.165) is 11.1 Å². The lowest BCUT2D eigenvalue weighted by Crippen LogP contribution is -2.42. The minimum atomic E-state index is -3.79. The Labute approximate surface area is 168 Å². The minimum absolute atomic E-state index is 0.185. The Bertz CT molecular complexity index is 893. The number of aryl methyl sites for hydroxylation is 2. The van der Waals surface area contributed by atoms with Crippen molar-refractivity contribution in [2.24, 2.45) is 5.92 Å². The number of hydrogen-bond acceptors (Lipinski definition) is 3. The number of nitrogens with zero attached hydrogens (tertiary/aromatic N) is 1. The molecule has 0 saturated carbocycles. The van der Waals surface area contributed by atoms with Crippen LogP contribution >= 0.6 is 0 Å². The molecule has 0 aliphatic carbocycles. The van der Waals surface area contributed by atoms with Crippen LogP contribution < -0.4 is 5.32 Å². The lowest BCUT2D eigenvalue weighted by atomic mass is 10.1. The molecule has 28 heavy (non-hydrogen) atoms. The Balaban J connectivity index is 2.27. The number of sulfonamides is 1. The molecule has 1 N–H and O–H groups in total. The van der Waals surface area contributed by atoms with Crippen LogP contribution in [0, 0.1) is 19.8 Å². The summed E-state index contributed by atoms with van der Waals surface area (Å²) in [5, 5.41) is 2.82. The highest BCUT2D eigenvalue weighted by molar-refractivity contribution is 7.89. The zero-order chi connectivity index (χ0) is 20.7. The van der Waals surface area contributed by atoms with E-state index in [2.05, 4.69) is 5.32 Å². The third-order valence-corrected chi connectivity index (χ3v) is 6.47. The average molecular weight is 403 g/mol. The third kappa shape index (κ3) is 6.17. The van der Waals surface area contributed by atoms with Gasteiger partial charge in [0.25, 0.3) is 0 Å². The van der Waals surface area contributed by atoms with E-state index < -0.39 is 10.0 Å². The van der Waals surface area contributed by atoms with Gasteiger partial charge in [-0.05, 0) is 48.9 Å². The molecule has 2 rings (SSSR count). The van der Waals surface area contributed by atoms with Crippen molar-refractivity contribution >= 4 is 15.9 Å². The van der Waals surface area contributed by atoms with Gasteiger partial charge in [0, 0.05) is 13.1 Å². The van der Waals surface area contributed by atoms with Gasteiger partial charge in [0.05, 0.1) is 11.4 Å². The highest BCUT2D eigenvalue weighted by Crippen LogP contribution is 2.21. The number of hydrogen-bond donors (Lipinski definition) is 1. The van der Waals surface area contributed by atoms with Crippen molar-refractivity contribution in [1.82, 2.24) is 9.62 Å². The second-order valence-corrected chi connectivity index (χ2v) is 9.45. The molecule has 0 spiro atoms. The molecule has 0 aliphatic heterocycles. The fourth-order valence-corrected chi connectivity index (χ4v) is 4.55. The first kappa shape index (κ1) is 22.1. The molecule has 2 aromatic rings. The fraction of sp³-hybridized carbons (Fsp3) is 0.409. The summed E-state index contributed by atoms with van der Waals surface area (Å²) in [7, 11) is -3.79. The molecule has 5 nitrogen and oxygen atoms in total. The summed E-state index contributed by atoms with van der Waals surface area (Å²) in [4.78, 5) is 12.6. The first-order valence-electron chi connectivity index (χ1n) is 9.58. The molecule has 0 atom stereocenters. The summed E-state index contributed by atoms with van der Waals surface area (Å²) in [6.07, 6.45) is 0.544. The van der Waals surface area contributed by atoms with Crippen LogP contribution in [0.2, 0.25) is 0 Å². The number of nitrogens with one attached hydrogen (secondary N) is 1. The molecule has 0 saturated heterocycles. The van der Waals surface area contributed by atoms with Crippen molar-refractivity contribution in [2.45, 2.75) is 39.0 Å². The van der Waals surface area contributed by atoms with Crippen molar-refractivity contribution in [3.63, 3.8) is 0 Å². The molecule has 2 aromatic carbocycles. The van der Waals surface area contributed by atoms with Crippen LogP contribution in [0.1, 0.15) is 30.5 Å². The van der Waals surface area contributed by atoms with E-state index in [1.807, 2.05) is 57.2 Å². The lowest BCUT2D eigenvalue weighted by Gasteiger charge is -2.23. The second kappa shape index (κ2) is 9.85. The summed E-state index contributed by atoms with van der Waals surface area (Å²) < 4.78 is 28.0. The van der Waals surface area contributed by atoms with Gasteiger partial charge < -0.3 is 5.32 Å². The van der Waals surface area contributed by atoms with Crippen LogP contribution in [0.25, 0.3) is 0 Å². The molecule has 6 heteroatoms. The van der Waals surface area contributed by atoms with Crippen molar-refractivity contribution in [3.8, 4) is 0 Å². The molecule has 0 aromatic heterocycles. The largest absolute Gasteiger partial charge is 0.355 e. The van der Waals surface area contributed by atoms with Gasteiger partial charge >= 0.3 is 0 Å². The summed E-state index contributed by atoms with van der Waals surface area (Å²) in [5.74, 6) is 0.0213. The van der Waals surface area contributed by atoms with Crippen molar-refractivity contribution < 1.29 is 13.2 Å². The Morgan fingerprint density at radius 2 is 1.75 bits per heavy atom.